The number of urea groups is 1. The average molecular weight is 428 g/mol. The molecule has 2 N–H and O–H groups in total. The number of nitrogens with one attached hydrogen (secondary N) is 2. The summed E-state index contributed by atoms with van der Waals surface area (Å²) < 4.78 is 2.13. The van der Waals surface area contributed by atoms with Crippen molar-refractivity contribution in [1.82, 2.24) is 34.9 Å². The van der Waals surface area contributed by atoms with Gasteiger partial charge in [-0.25, -0.2) is 9.78 Å². The molecular formula is C24H25N7O. The lowest BCUT2D eigenvalue weighted by molar-refractivity contribution is 0.206. The third-order valence-corrected chi connectivity index (χ3v) is 6.91. The van der Waals surface area contributed by atoms with Gasteiger partial charge in [0.2, 0.25) is 0 Å². The van der Waals surface area contributed by atoms with E-state index in [4.69, 9.17) is 5.10 Å². The second kappa shape index (κ2) is 7.19. The molecule has 4 aromatic heterocycles. The maximum absolute atomic E-state index is 12.3. The van der Waals surface area contributed by atoms with Crippen molar-refractivity contribution in [2.45, 2.75) is 31.7 Å². The van der Waals surface area contributed by atoms with Crippen LogP contribution in [0.4, 0.5) is 4.79 Å². The summed E-state index contributed by atoms with van der Waals surface area (Å²) in [5.41, 5.74) is 6.25. The number of hydrogen-bond acceptors (Lipinski definition) is 4. The lowest BCUT2D eigenvalue weighted by Crippen LogP contribution is -2.40. The zero-order valence-corrected chi connectivity index (χ0v) is 18.0. The molecule has 1 spiro atoms. The number of H-pyrrole nitrogens is 1. The van der Waals surface area contributed by atoms with Crippen LogP contribution < -0.4 is 5.32 Å². The fourth-order valence-corrected chi connectivity index (χ4v) is 5.24. The van der Waals surface area contributed by atoms with Gasteiger partial charge in [0.05, 0.1) is 5.69 Å². The molecule has 32 heavy (non-hydrogen) atoms. The van der Waals surface area contributed by atoms with E-state index in [-0.39, 0.29) is 11.4 Å². The first kappa shape index (κ1) is 19.0. The number of aromatic nitrogens is 5. The Morgan fingerprint density at radius 2 is 2.03 bits per heavy atom. The maximum Gasteiger partial charge on any atom is 0.317 e. The Morgan fingerprint density at radius 1 is 1.19 bits per heavy atom. The predicted molar refractivity (Wildman–Crippen MR) is 122 cm³/mol. The first-order chi connectivity index (χ1) is 15.7. The third-order valence-electron chi connectivity index (χ3n) is 6.91. The lowest BCUT2D eigenvalue weighted by Gasteiger charge is -2.23. The van der Waals surface area contributed by atoms with E-state index in [1.54, 1.807) is 12.4 Å². The van der Waals surface area contributed by atoms with E-state index in [0.29, 0.717) is 6.54 Å². The molecule has 6 rings (SSSR count). The second-order valence-corrected chi connectivity index (χ2v) is 8.73. The number of pyridine rings is 2. The Balaban J connectivity index is 1.34. The Bertz CT molecular complexity index is 1310. The summed E-state index contributed by atoms with van der Waals surface area (Å²) in [4.78, 5) is 26.3. The van der Waals surface area contributed by atoms with Crippen molar-refractivity contribution in [3.05, 3.63) is 54.7 Å². The van der Waals surface area contributed by atoms with Crippen LogP contribution in [0.3, 0.4) is 0 Å². The van der Waals surface area contributed by atoms with Gasteiger partial charge in [0.25, 0.3) is 0 Å². The second-order valence-electron chi connectivity index (χ2n) is 8.73. The normalized spacial score (nSPS) is 19.7. The van der Waals surface area contributed by atoms with Gasteiger partial charge >= 0.3 is 6.03 Å². The minimum Gasteiger partial charge on any atom is -0.346 e. The van der Waals surface area contributed by atoms with Crippen LogP contribution in [0, 0.1) is 0 Å². The van der Waals surface area contributed by atoms with Crippen LogP contribution in [0.25, 0.3) is 33.4 Å². The van der Waals surface area contributed by atoms with Gasteiger partial charge in [-0.05, 0) is 49.6 Å². The minimum absolute atomic E-state index is 0.00411. The molecule has 162 valence electrons. The molecule has 2 amide bonds. The molecule has 6 heterocycles. The van der Waals surface area contributed by atoms with Gasteiger partial charge < -0.3 is 15.2 Å². The van der Waals surface area contributed by atoms with Crippen LogP contribution in [0.5, 0.6) is 0 Å². The van der Waals surface area contributed by atoms with E-state index in [1.165, 1.54) is 5.69 Å². The molecule has 2 aliphatic heterocycles. The zero-order valence-electron chi connectivity index (χ0n) is 18.0. The highest BCUT2D eigenvalue weighted by molar-refractivity contribution is 5.95. The smallest absolute Gasteiger partial charge is 0.317 e. The van der Waals surface area contributed by atoms with Crippen LogP contribution in [0.1, 0.15) is 25.5 Å². The predicted octanol–water partition coefficient (Wildman–Crippen LogP) is 3.57. The number of carbonyl (C=O) groups excluding carboxylic acids is 1. The van der Waals surface area contributed by atoms with Crippen LogP contribution >= 0.6 is 0 Å². The van der Waals surface area contributed by atoms with E-state index in [1.807, 2.05) is 36.4 Å². The standard InChI is InChI=1S/C24H25N7O/c1-2-26-23(32)30-9-5-24(15-30)6-10-31-21(24)12-20(29-31)17-11-18-19(14-28-22(18)27-13-17)16-3-7-25-8-4-16/h3-4,7-8,11-14H,2,5-6,9-10,15H2,1H3,(H,26,32)(H,27,28). The number of aromatic amines is 1. The van der Waals surface area contributed by atoms with E-state index in [0.717, 1.165) is 65.9 Å². The fourth-order valence-electron chi connectivity index (χ4n) is 5.24. The number of hydrogen-bond donors (Lipinski definition) is 2. The van der Waals surface area contributed by atoms with Gasteiger partial charge in [-0.1, -0.05) is 0 Å². The fraction of sp³-hybridized carbons (Fsp3) is 0.333. The summed E-state index contributed by atoms with van der Waals surface area (Å²) in [7, 11) is 0. The highest BCUT2D eigenvalue weighted by Gasteiger charge is 2.46. The minimum atomic E-state index is 0.00411. The third kappa shape index (κ3) is 2.90. The molecular weight excluding hydrogens is 402 g/mol. The molecule has 0 aliphatic carbocycles. The summed E-state index contributed by atoms with van der Waals surface area (Å²) in [6.07, 6.45) is 9.50. The van der Waals surface area contributed by atoms with Crippen molar-refractivity contribution in [2.24, 2.45) is 0 Å². The molecule has 1 atom stereocenters. The van der Waals surface area contributed by atoms with Gasteiger partial charge in [-0.3, -0.25) is 9.67 Å². The molecule has 1 unspecified atom stereocenters. The van der Waals surface area contributed by atoms with E-state index < -0.39 is 0 Å². The van der Waals surface area contributed by atoms with Crippen molar-refractivity contribution >= 4 is 17.1 Å². The topological polar surface area (TPSA) is 91.7 Å². The number of nitrogens with zero attached hydrogens (tertiary/aromatic N) is 5. The number of rotatable bonds is 3. The first-order valence-corrected chi connectivity index (χ1v) is 11.2. The largest absolute Gasteiger partial charge is 0.346 e. The van der Waals surface area contributed by atoms with Crippen LogP contribution in [0.2, 0.25) is 0 Å². The highest BCUT2D eigenvalue weighted by Crippen LogP contribution is 2.44. The Morgan fingerprint density at radius 3 is 2.88 bits per heavy atom. The molecule has 8 heteroatoms. The molecule has 4 aromatic rings. The Labute approximate surface area is 185 Å². The van der Waals surface area contributed by atoms with Gasteiger partial charge in [-0.2, -0.15) is 5.10 Å². The highest BCUT2D eigenvalue weighted by atomic mass is 16.2. The molecule has 2 aliphatic rings. The SMILES string of the molecule is CCNC(=O)N1CCC2(CCn3nc(-c4cnc5[nH]cc(-c6ccncc6)c5c4)cc32)C1. The summed E-state index contributed by atoms with van der Waals surface area (Å²) in [6, 6.07) is 8.41. The van der Waals surface area contributed by atoms with E-state index in [2.05, 4.69) is 37.1 Å². The van der Waals surface area contributed by atoms with Crippen LogP contribution in [-0.4, -0.2) is 55.3 Å². The summed E-state index contributed by atoms with van der Waals surface area (Å²) in [5, 5.41) is 8.92. The summed E-state index contributed by atoms with van der Waals surface area (Å²) in [6.45, 7) is 5.04. The van der Waals surface area contributed by atoms with Gasteiger partial charge in [0.15, 0.2) is 0 Å². The first-order valence-electron chi connectivity index (χ1n) is 11.2. The van der Waals surface area contributed by atoms with Gasteiger partial charge in [0, 0.05) is 78.6 Å². The molecule has 1 saturated heterocycles. The monoisotopic (exact) mass is 427 g/mol. The molecule has 0 radical (unpaired) electrons. The van der Waals surface area contributed by atoms with Crippen molar-refractivity contribution in [2.75, 3.05) is 19.6 Å². The van der Waals surface area contributed by atoms with Gasteiger partial charge in [-0.15, -0.1) is 0 Å². The van der Waals surface area contributed by atoms with Gasteiger partial charge in [0.1, 0.15) is 5.65 Å². The van der Waals surface area contributed by atoms with Crippen molar-refractivity contribution in [3.63, 3.8) is 0 Å². The van der Waals surface area contributed by atoms with Crippen LogP contribution in [0.15, 0.2) is 49.1 Å². The number of fused-ring (bicyclic) bond motifs is 3. The quantitative estimate of drug-likeness (QED) is 0.523. The molecule has 8 nitrogen and oxygen atoms in total. The summed E-state index contributed by atoms with van der Waals surface area (Å²) >= 11 is 0. The number of aryl methyl sites for hydroxylation is 1. The average Bonchev–Trinajstić information content (AvgIpc) is 3.59. The van der Waals surface area contributed by atoms with Crippen molar-refractivity contribution in [3.8, 4) is 22.4 Å². The number of likely N-dealkylation sites (tertiary alicyclic amines) is 1. The Hall–Kier alpha value is -3.68. The molecule has 1 fully saturated rings. The molecule has 0 saturated carbocycles. The molecule has 0 bridgehead atoms. The summed E-state index contributed by atoms with van der Waals surface area (Å²) in [5.74, 6) is 0. The van der Waals surface area contributed by atoms with Crippen molar-refractivity contribution in [1.29, 1.82) is 0 Å². The lowest BCUT2D eigenvalue weighted by atomic mass is 9.82. The molecule has 0 aromatic carbocycles. The number of carbonyl (C=O) groups is 1. The maximum atomic E-state index is 12.3. The zero-order chi connectivity index (χ0) is 21.7. The van der Waals surface area contributed by atoms with E-state index in [9.17, 15) is 4.79 Å². The van der Waals surface area contributed by atoms with E-state index >= 15 is 0 Å². The number of amides is 2. The van der Waals surface area contributed by atoms with Crippen molar-refractivity contribution < 1.29 is 4.79 Å². The Kier molecular flexibility index (Phi) is 4.28. The van der Waals surface area contributed by atoms with Crippen LogP contribution in [-0.2, 0) is 12.0 Å².